The van der Waals surface area contributed by atoms with Crippen LogP contribution < -0.4 is 21.3 Å². The Morgan fingerprint density at radius 3 is 2.04 bits per heavy atom. The van der Waals surface area contributed by atoms with Crippen molar-refractivity contribution in [2.24, 2.45) is 17.8 Å². The van der Waals surface area contributed by atoms with E-state index in [0.29, 0.717) is 19.3 Å². The molecule has 1 aliphatic carbocycles. The Morgan fingerprint density at radius 1 is 0.833 bits per heavy atom. The average Bonchev–Trinajstić information content (AvgIpc) is 3.42. The first kappa shape index (κ1) is 38.0. The Morgan fingerprint density at radius 2 is 1.46 bits per heavy atom. The number of nitrogens with one attached hydrogen (secondary N) is 4. The molecule has 0 radical (unpaired) electrons. The fraction of sp³-hybridized carbons (Fsp3) is 0.528. The van der Waals surface area contributed by atoms with Gasteiger partial charge in [-0.05, 0) is 41.7 Å². The lowest BCUT2D eigenvalue weighted by Gasteiger charge is -2.28. The van der Waals surface area contributed by atoms with Gasteiger partial charge in [0.25, 0.3) is 0 Å². The topological polar surface area (TPSA) is 172 Å². The van der Waals surface area contributed by atoms with Crippen LogP contribution >= 0.6 is 0 Å². The van der Waals surface area contributed by atoms with Crippen LogP contribution in [0.25, 0.3) is 0 Å². The highest BCUT2D eigenvalue weighted by atomic mass is 16.5. The Labute approximate surface area is 282 Å². The Balaban J connectivity index is 1.67. The lowest BCUT2D eigenvalue weighted by Crippen LogP contribution is -2.57. The van der Waals surface area contributed by atoms with E-state index in [2.05, 4.69) is 21.3 Å². The van der Waals surface area contributed by atoms with Crippen LogP contribution in [0, 0.1) is 17.8 Å². The Hall–Kier alpha value is -4.45. The van der Waals surface area contributed by atoms with Crippen LogP contribution in [0.2, 0.25) is 0 Å². The van der Waals surface area contributed by atoms with Gasteiger partial charge in [-0.3, -0.25) is 14.4 Å². The van der Waals surface area contributed by atoms with E-state index in [1.807, 2.05) is 74.5 Å². The number of hydrogen-bond acceptors (Lipinski definition) is 8. The molecule has 1 fully saturated rings. The van der Waals surface area contributed by atoms with Gasteiger partial charge in [-0.15, -0.1) is 0 Å². The molecule has 3 rings (SSSR count). The zero-order valence-electron chi connectivity index (χ0n) is 28.4. The normalized spacial score (nSPS) is 19.7. The largest absolute Gasteiger partial charge is 0.467 e. The summed E-state index contributed by atoms with van der Waals surface area (Å²) in [5.41, 5.74) is 1.61. The van der Waals surface area contributed by atoms with E-state index in [0.717, 1.165) is 11.1 Å². The minimum Gasteiger partial charge on any atom is -0.467 e. The molecule has 262 valence electrons. The maximum Gasteiger partial charge on any atom is 0.408 e. The molecular weight excluding hydrogens is 616 g/mol. The van der Waals surface area contributed by atoms with E-state index in [4.69, 9.17) is 9.47 Å². The second-order valence-electron chi connectivity index (χ2n) is 12.8. The van der Waals surface area contributed by atoms with Crippen molar-refractivity contribution >= 4 is 29.8 Å². The monoisotopic (exact) mass is 666 g/mol. The summed E-state index contributed by atoms with van der Waals surface area (Å²) in [4.78, 5) is 64.9. The van der Waals surface area contributed by atoms with Gasteiger partial charge in [0.05, 0.1) is 19.3 Å². The summed E-state index contributed by atoms with van der Waals surface area (Å²) < 4.78 is 10.1. The molecule has 7 atom stereocenters. The van der Waals surface area contributed by atoms with Gasteiger partial charge < -0.3 is 35.8 Å². The molecule has 0 spiro atoms. The van der Waals surface area contributed by atoms with Gasteiger partial charge in [0.1, 0.15) is 24.7 Å². The number of methoxy groups -OCH3 is 1. The summed E-state index contributed by atoms with van der Waals surface area (Å²) in [7, 11) is 1.26. The molecule has 2 aromatic carbocycles. The van der Waals surface area contributed by atoms with E-state index < -0.39 is 66.0 Å². The minimum absolute atomic E-state index is 0.0272. The molecule has 2 aromatic rings. The number of aliphatic hydroxyl groups is 1. The first-order valence-corrected chi connectivity index (χ1v) is 16.6. The molecule has 0 aromatic heterocycles. The van der Waals surface area contributed by atoms with E-state index >= 15 is 0 Å². The Kier molecular flexibility index (Phi) is 14.9. The van der Waals surface area contributed by atoms with Gasteiger partial charge >= 0.3 is 12.1 Å². The highest BCUT2D eigenvalue weighted by Gasteiger charge is 2.39. The summed E-state index contributed by atoms with van der Waals surface area (Å²) in [5, 5.41) is 22.2. The minimum atomic E-state index is -1.02. The first-order valence-electron chi connectivity index (χ1n) is 16.6. The predicted molar refractivity (Wildman–Crippen MR) is 179 cm³/mol. The molecule has 48 heavy (non-hydrogen) atoms. The van der Waals surface area contributed by atoms with Crippen LogP contribution in [0.5, 0.6) is 0 Å². The molecular formula is C36H50N4O8. The molecule has 1 saturated carbocycles. The van der Waals surface area contributed by atoms with Crippen molar-refractivity contribution in [2.75, 3.05) is 7.11 Å². The number of carbonyl (C=O) groups is 5. The third-order valence-electron chi connectivity index (χ3n) is 8.85. The van der Waals surface area contributed by atoms with Gasteiger partial charge in [0.15, 0.2) is 0 Å². The van der Waals surface area contributed by atoms with Gasteiger partial charge in [-0.1, -0.05) is 94.8 Å². The van der Waals surface area contributed by atoms with Crippen LogP contribution in [0.1, 0.15) is 64.5 Å². The van der Waals surface area contributed by atoms with Crippen LogP contribution in [0.4, 0.5) is 4.79 Å². The van der Waals surface area contributed by atoms with Gasteiger partial charge in [0, 0.05) is 12.8 Å². The fourth-order valence-corrected chi connectivity index (χ4v) is 5.74. The SMILES string of the molecule is CC[C@H](C)[C@H](NC(=O)OCc1ccccc1)C(=O)N[C@@H](Cc1ccccc1)C(=O)NC1CCC(CC(=O)N[C@H](C(=O)OC)C(C)C)C1O. The summed E-state index contributed by atoms with van der Waals surface area (Å²) in [6, 6.07) is 14.9. The molecule has 5 N–H and O–H groups in total. The summed E-state index contributed by atoms with van der Waals surface area (Å²) >= 11 is 0. The van der Waals surface area contributed by atoms with Gasteiger partial charge in [-0.25, -0.2) is 9.59 Å². The summed E-state index contributed by atoms with van der Waals surface area (Å²) in [5.74, 6) is -2.87. The third kappa shape index (κ3) is 11.4. The standard InChI is InChI=1S/C36H50N4O8/c1-6-23(4)31(40-36(46)48-21-25-15-11-8-12-16-25)34(44)38-28(19-24-13-9-7-10-14-24)33(43)37-27-18-17-26(32(27)42)20-29(41)39-30(22(2)3)35(45)47-5/h7-16,22-23,26-28,30-32,42H,6,17-21H2,1-5H3,(H,37,43)(H,38,44)(H,39,41)(H,40,46)/t23-,26?,27?,28-,30-,31-,32?/m0/s1. The maximum atomic E-state index is 13.7. The third-order valence-corrected chi connectivity index (χ3v) is 8.85. The summed E-state index contributed by atoms with van der Waals surface area (Å²) in [6.45, 7) is 7.35. The number of rotatable bonds is 16. The highest BCUT2D eigenvalue weighted by molar-refractivity contribution is 5.92. The van der Waals surface area contributed by atoms with Crippen molar-refractivity contribution in [1.29, 1.82) is 0 Å². The molecule has 12 heteroatoms. The van der Waals surface area contributed by atoms with Crippen LogP contribution in [-0.4, -0.2) is 72.3 Å². The zero-order valence-corrected chi connectivity index (χ0v) is 28.4. The fourth-order valence-electron chi connectivity index (χ4n) is 5.74. The molecule has 1 aliphatic rings. The number of amides is 4. The smallest absolute Gasteiger partial charge is 0.408 e. The number of esters is 1. The zero-order chi connectivity index (χ0) is 35.2. The molecule has 0 bridgehead atoms. The molecule has 3 unspecified atom stereocenters. The van der Waals surface area contributed by atoms with Crippen LogP contribution in [0.15, 0.2) is 60.7 Å². The molecule has 0 saturated heterocycles. The van der Waals surface area contributed by atoms with E-state index in [9.17, 15) is 29.1 Å². The van der Waals surface area contributed by atoms with E-state index in [1.165, 1.54) is 7.11 Å². The van der Waals surface area contributed by atoms with Gasteiger partial charge in [0.2, 0.25) is 17.7 Å². The van der Waals surface area contributed by atoms with Crippen LogP contribution in [-0.2, 0) is 41.7 Å². The van der Waals surface area contributed by atoms with Crippen molar-refractivity contribution < 1.29 is 38.6 Å². The second-order valence-corrected chi connectivity index (χ2v) is 12.8. The predicted octanol–water partition coefficient (Wildman–Crippen LogP) is 3.01. The number of aliphatic hydroxyl groups excluding tert-OH is 1. The number of ether oxygens (including phenoxy) is 2. The van der Waals surface area contributed by atoms with Crippen molar-refractivity contribution in [3.63, 3.8) is 0 Å². The lowest BCUT2D eigenvalue weighted by atomic mass is 9.97. The van der Waals surface area contributed by atoms with Crippen molar-refractivity contribution in [2.45, 2.75) is 96.7 Å². The summed E-state index contributed by atoms with van der Waals surface area (Å²) in [6.07, 6.45) is -0.149. The lowest BCUT2D eigenvalue weighted by molar-refractivity contribution is -0.146. The quantitative estimate of drug-likeness (QED) is 0.170. The first-order chi connectivity index (χ1) is 22.9. The second kappa shape index (κ2) is 18.8. The van der Waals surface area contributed by atoms with Crippen molar-refractivity contribution in [3.8, 4) is 0 Å². The van der Waals surface area contributed by atoms with Crippen molar-refractivity contribution in [3.05, 3.63) is 71.8 Å². The van der Waals surface area contributed by atoms with Gasteiger partial charge in [-0.2, -0.15) is 0 Å². The van der Waals surface area contributed by atoms with E-state index in [1.54, 1.807) is 13.8 Å². The molecule has 12 nitrogen and oxygen atoms in total. The Bertz CT molecular complexity index is 1360. The van der Waals surface area contributed by atoms with E-state index in [-0.39, 0.29) is 31.3 Å². The molecule has 4 amide bonds. The van der Waals surface area contributed by atoms with Crippen molar-refractivity contribution in [1.82, 2.24) is 21.3 Å². The highest BCUT2D eigenvalue weighted by Crippen LogP contribution is 2.29. The van der Waals surface area contributed by atoms with Crippen LogP contribution in [0.3, 0.4) is 0 Å². The number of hydrogen-bond donors (Lipinski definition) is 5. The average molecular weight is 667 g/mol. The number of alkyl carbamates (subject to hydrolysis) is 1. The molecule has 0 aliphatic heterocycles. The molecule has 0 heterocycles. The maximum absolute atomic E-state index is 13.7. The number of carbonyl (C=O) groups excluding carboxylic acids is 5. The number of benzene rings is 2.